The molecule has 0 fully saturated rings. The minimum Gasteiger partial charge on any atom is -0.395 e. The Morgan fingerprint density at radius 3 is 1.80 bits per heavy atom. The number of alkyl halides is 2. The summed E-state index contributed by atoms with van der Waals surface area (Å²) in [7, 11) is -6.81. The summed E-state index contributed by atoms with van der Waals surface area (Å²) in [5.41, 5.74) is 3.57. The van der Waals surface area contributed by atoms with Crippen molar-refractivity contribution < 1.29 is 39.9 Å². The second-order valence-electron chi connectivity index (χ2n) is 10.2. The van der Waals surface area contributed by atoms with Crippen LogP contribution in [0.5, 0.6) is 11.5 Å². The van der Waals surface area contributed by atoms with E-state index in [-0.39, 0.29) is 39.5 Å². The van der Waals surface area contributed by atoms with Crippen molar-refractivity contribution in [1.82, 2.24) is 9.44 Å². The largest absolute Gasteiger partial charge is 0.586 e. The average molecular weight is 609 g/mol. The lowest BCUT2D eigenvalue weighted by Crippen LogP contribution is -2.32. The summed E-state index contributed by atoms with van der Waals surface area (Å²) < 4.78 is 90.1. The van der Waals surface area contributed by atoms with Crippen LogP contribution in [0.15, 0.2) is 64.4 Å². The number of ether oxygens (including phenoxy) is 2. The maximum absolute atomic E-state index is 13.5. The van der Waals surface area contributed by atoms with Gasteiger partial charge in [0.2, 0.25) is 15.9 Å². The maximum atomic E-state index is 13.5. The summed E-state index contributed by atoms with van der Waals surface area (Å²) in [5, 5.41) is 0. The van der Waals surface area contributed by atoms with E-state index < -0.39 is 32.2 Å². The third-order valence-electron chi connectivity index (χ3n) is 6.60. The summed E-state index contributed by atoms with van der Waals surface area (Å²) in [6.45, 7) is 7.73. The molecule has 41 heavy (non-hydrogen) atoms. The van der Waals surface area contributed by atoms with Gasteiger partial charge in [0, 0.05) is 0 Å². The van der Waals surface area contributed by atoms with Crippen molar-refractivity contribution >= 4 is 26.0 Å². The number of amides is 1. The summed E-state index contributed by atoms with van der Waals surface area (Å²) in [4.78, 5) is 12.7. The van der Waals surface area contributed by atoms with E-state index in [1.807, 2.05) is 39.8 Å². The van der Waals surface area contributed by atoms with Crippen molar-refractivity contribution in [2.24, 2.45) is 0 Å². The summed E-state index contributed by atoms with van der Waals surface area (Å²) in [6.07, 6.45) is -3.97. The molecule has 0 bridgehead atoms. The highest BCUT2D eigenvalue weighted by atomic mass is 32.2. The first-order valence-corrected chi connectivity index (χ1v) is 15.7. The molecular weight excluding hydrogens is 578 g/mol. The van der Waals surface area contributed by atoms with Crippen molar-refractivity contribution in [3.63, 3.8) is 0 Å². The number of carbonyl (C=O) groups excluding carboxylic acids is 1. The van der Waals surface area contributed by atoms with E-state index in [0.717, 1.165) is 35.4 Å². The van der Waals surface area contributed by atoms with E-state index in [0.29, 0.717) is 16.7 Å². The molecule has 0 aromatic heterocycles. The fourth-order valence-electron chi connectivity index (χ4n) is 4.57. The van der Waals surface area contributed by atoms with E-state index in [1.54, 1.807) is 6.07 Å². The third kappa shape index (κ3) is 6.52. The lowest BCUT2D eigenvalue weighted by molar-refractivity contribution is -0.286. The second-order valence-corrected chi connectivity index (χ2v) is 13.7. The van der Waals surface area contributed by atoms with E-state index in [4.69, 9.17) is 0 Å². The van der Waals surface area contributed by atoms with E-state index in [9.17, 15) is 30.4 Å². The Morgan fingerprint density at radius 1 is 0.780 bits per heavy atom. The third-order valence-corrected chi connectivity index (χ3v) is 9.42. The molecule has 2 N–H and O–H groups in total. The van der Waals surface area contributed by atoms with Crippen LogP contribution in [0.1, 0.15) is 56.2 Å². The summed E-state index contributed by atoms with van der Waals surface area (Å²) >= 11 is 0. The number of halogens is 2. The first-order valence-electron chi connectivity index (χ1n) is 12.7. The van der Waals surface area contributed by atoms with E-state index in [2.05, 4.69) is 18.9 Å². The molecule has 9 nitrogen and oxygen atoms in total. The Morgan fingerprint density at radius 2 is 1.29 bits per heavy atom. The Labute approximate surface area is 238 Å². The molecule has 1 amide bonds. The molecule has 13 heteroatoms. The van der Waals surface area contributed by atoms with Gasteiger partial charge in [-0.3, -0.25) is 4.79 Å². The van der Waals surface area contributed by atoms with Gasteiger partial charge < -0.3 is 9.47 Å². The molecule has 0 unspecified atom stereocenters. The van der Waals surface area contributed by atoms with Gasteiger partial charge in [-0.2, -0.15) is 0 Å². The monoisotopic (exact) mass is 608 g/mol. The van der Waals surface area contributed by atoms with Crippen LogP contribution in [-0.2, 0) is 31.3 Å². The van der Waals surface area contributed by atoms with Gasteiger partial charge in [-0.25, -0.2) is 26.3 Å². The highest BCUT2D eigenvalue weighted by Crippen LogP contribution is 2.44. The van der Waals surface area contributed by atoms with Crippen LogP contribution in [0.4, 0.5) is 8.78 Å². The van der Waals surface area contributed by atoms with Gasteiger partial charge in [0.15, 0.2) is 11.5 Å². The topological polar surface area (TPSA) is 128 Å². The lowest BCUT2D eigenvalue weighted by Gasteiger charge is -2.22. The smallest absolute Gasteiger partial charge is 0.395 e. The van der Waals surface area contributed by atoms with Crippen molar-refractivity contribution in [1.29, 1.82) is 0 Å². The molecule has 1 heterocycles. The Bertz CT molecular complexity index is 1670. The van der Waals surface area contributed by atoms with Gasteiger partial charge in [-0.05, 0) is 83.1 Å². The van der Waals surface area contributed by atoms with Crippen LogP contribution < -0.4 is 18.9 Å². The molecule has 0 aliphatic carbocycles. The van der Waals surface area contributed by atoms with Crippen LogP contribution in [-0.4, -0.2) is 36.1 Å². The predicted molar refractivity (Wildman–Crippen MR) is 148 cm³/mol. The zero-order valence-corrected chi connectivity index (χ0v) is 24.6. The molecular formula is C28H30F2N2O7S2. The van der Waals surface area contributed by atoms with Crippen LogP contribution in [0.3, 0.4) is 0 Å². The van der Waals surface area contributed by atoms with Gasteiger partial charge in [-0.1, -0.05) is 45.9 Å². The van der Waals surface area contributed by atoms with Gasteiger partial charge in [0.05, 0.1) is 16.2 Å². The van der Waals surface area contributed by atoms with E-state index in [1.165, 1.54) is 19.2 Å². The van der Waals surface area contributed by atoms with E-state index >= 15 is 0 Å². The number of hydrogen-bond donors (Lipinski definition) is 2. The van der Waals surface area contributed by atoms with Crippen molar-refractivity contribution in [3.05, 3.63) is 71.3 Å². The average Bonchev–Trinajstić information content (AvgIpc) is 3.21. The molecule has 0 saturated heterocycles. The number of rotatable bonds is 9. The van der Waals surface area contributed by atoms with Crippen molar-refractivity contribution in [2.75, 3.05) is 7.05 Å². The molecule has 3 aromatic rings. The van der Waals surface area contributed by atoms with Crippen LogP contribution in [0.25, 0.3) is 11.1 Å². The molecule has 220 valence electrons. The first-order chi connectivity index (χ1) is 19.0. The van der Waals surface area contributed by atoms with Crippen LogP contribution in [0, 0.1) is 0 Å². The zero-order valence-electron chi connectivity index (χ0n) is 23.0. The van der Waals surface area contributed by atoms with Gasteiger partial charge in [-0.15, -0.1) is 8.78 Å². The minimum absolute atomic E-state index is 0.0631. The predicted octanol–water partition coefficient (Wildman–Crippen LogP) is 4.88. The first kappa shape index (κ1) is 30.4. The Balaban J connectivity index is 1.64. The maximum Gasteiger partial charge on any atom is 0.586 e. The van der Waals surface area contributed by atoms with Gasteiger partial charge in [0.1, 0.15) is 0 Å². The zero-order chi connectivity index (χ0) is 30.3. The SMILES string of the molecule is CNS(=O)(=O)c1ccc(S(=O)(=O)NC(=O)Cc2c(C(C)C)cc(-c3ccc4c(c3)OC(F)(F)O4)cc2C(C)C)cc1. The molecule has 0 saturated carbocycles. The second kappa shape index (κ2) is 11.0. The highest BCUT2D eigenvalue weighted by Gasteiger charge is 2.43. The molecule has 0 radical (unpaired) electrons. The molecule has 0 atom stereocenters. The number of sulfonamides is 2. The fourth-order valence-corrected chi connectivity index (χ4v) is 6.28. The number of nitrogens with one attached hydrogen (secondary N) is 2. The highest BCUT2D eigenvalue weighted by molar-refractivity contribution is 7.90. The number of fused-ring (bicyclic) bond motifs is 1. The number of carbonyl (C=O) groups is 1. The van der Waals surface area contributed by atoms with Gasteiger partial charge in [0.25, 0.3) is 10.0 Å². The Hall–Kier alpha value is -3.55. The quantitative estimate of drug-likeness (QED) is 0.355. The number of benzene rings is 3. The standard InChI is InChI=1S/C28H30F2N2O7S2/c1-16(2)22-12-19(18-6-11-25-26(14-18)39-28(29,30)38-25)13-23(17(3)4)24(22)15-27(33)32-41(36,37)21-9-7-20(8-10-21)40(34,35)31-5/h6-14,16-17,31H,15H2,1-5H3,(H,32,33). The molecule has 3 aromatic carbocycles. The minimum atomic E-state index is -4.28. The fraction of sp³-hybridized carbons (Fsp3) is 0.321. The van der Waals surface area contributed by atoms with Gasteiger partial charge >= 0.3 is 6.29 Å². The lowest BCUT2D eigenvalue weighted by atomic mass is 9.84. The molecule has 1 aliphatic rings. The molecule has 0 spiro atoms. The van der Waals surface area contributed by atoms with Crippen LogP contribution >= 0.6 is 0 Å². The van der Waals surface area contributed by atoms with Crippen LogP contribution in [0.2, 0.25) is 0 Å². The van der Waals surface area contributed by atoms with Crippen molar-refractivity contribution in [3.8, 4) is 22.6 Å². The summed E-state index contributed by atoms with van der Waals surface area (Å²) in [5.74, 6) is -1.05. The van der Waals surface area contributed by atoms with Crippen molar-refractivity contribution in [2.45, 2.75) is 62.0 Å². The summed E-state index contributed by atoms with van der Waals surface area (Å²) in [6, 6.07) is 12.7. The normalized spacial score (nSPS) is 14.5. The Kier molecular flexibility index (Phi) is 8.18. The molecule has 4 rings (SSSR count). The number of hydrogen-bond acceptors (Lipinski definition) is 7. The molecule has 1 aliphatic heterocycles.